The molecular formula is C22H26N6O2S. The van der Waals surface area contributed by atoms with Crippen molar-refractivity contribution in [2.24, 2.45) is 0 Å². The van der Waals surface area contributed by atoms with Gasteiger partial charge in [-0.25, -0.2) is 9.97 Å². The van der Waals surface area contributed by atoms with Crippen molar-refractivity contribution in [3.05, 3.63) is 48.5 Å². The summed E-state index contributed by atoms with van der Waals surface area (Å²) in [6.07, 6.45) is 6.21. The second kappa shape index (κ2) is 9.74. The molecule has 1 saturated heterocycles. The molecular weight excluding hydrogens is 412 g/mol. The molecule has 1 N–H and O–H groups in total. The van der Waals surface area contributed by atoms with E-state index in [4.69, 9.17) is 21.7 Å². The van der Waals surface area contributed by atoms with E-state index in [0.717, 1.165) is 60.0 Å². The fraction of sp³-hybridized carbons (Fsp3) is 0.364. The minimum atomic E-state index is 0.659. The zero-order valence-corrected chi connectivity index (χ0v) is 18.6. The third kappa shape index (κ3) is 4.77. The molecule has 4 rings (SSSR count). The Balaban J connectivity index is 1.47. The number of pyridine rings is 1. The van der Waals surface area contributed by atoms with Gasteiger partial charge in [0.2, 0.25) is 0 Å². The average molecular weight is 439 g/mol. The smallest absolute Gasteiger partial charge is 0.169 e. The van der Waals surface area contributed by atoms with Crippen molar-refractivity contribution in [3.63, 3.8) is 0 Å². The summed E-state index contributed by atoms with van der Waals surface area (Å²) >= 11 is 5.65. The van der Waals surface area contributed by atoms with Gasteiger partial charge in [0.25, 0.3) is 0 Å². The molecule has 0 unspecified atom stereocenters. The molecule has 1 fully saturated rings. The van der Waals surface area contributed by atoms with Gasteiger partial charge < -0.3 is 24.6 Å². The van der Waals surface area contributed by atoms with E-state index >= 15 is 0 Å². The number of ether oxygens (including phenoxy) is 2. The summed E-state index contributed by atoms with van der Waals surface area (Å²) in [5.41, 5.74) is 1.94. The first-order valence-electron chi connectivity index (χ1n) is 10.2. The second-order valence-electron chi connectivity index (χ2n) is 7.27. The topological polar surface area (TPSA) is 75.6 Å². The summed E-state index contributed by atoms with van der Waals surface area (Å²) in [6, 6.07) is 7.81. The molecule has 2 aromatic heterocycles. The summed E-state index contributed by atoms with van der Waals surface area (Å²) in [6.45, 7) is 4.09. The van der Waals surface area contributed by atoms with Crippen molar-refractivity contribution in [3.8, 4) is 11.5 Å². The number of nitrogens with zero attached hydrogens (tertiary/aromatic N) is 5. The fourth-order valence-electron chi connectivity index (χ4n) is 3.75. The number of benzene rings is 1. The van der Waals surface area contributed by atoms with Gasteiger partial charge in [-0.3, -0.25) is 4.98 Å². The number of anilines is 1. The molecule has 0 aliphatic carbocycles. The lowest BCUT2D eigenvalue weighted by Gasteiger charge is -2.25. The summed E-state index contributed by atoms with van der Waals surface area (Å²) in [4.78, 5) is 17.7. The van der Waals surface area contributed by atoms with Crippen LogP contribution in [0.2, 0.25) is 0 Å². The van der Waals surface area contributed by atoms with E-state index in [1.807, 2.05) is 30.5 Å². The molecule has 0 saturated carbocycles. The average Bonchev–Trinajstić information content (AvgIpc) is 3.08. The minimum Gasteiger partial charge on any atom is -0.493 e. The van der Waals surface area contributed by atoms with Crippen molar-refractivity contribution in [1.82, 2.24) is 25.2 Å². The van der Waals surface area contributed by atoms with Crippen LogP contribution in [-0.4, -0.2) is 65.4 Å². The Morgan fingerprint density at radius 1 is 1.10 bits per heavy atom. The highest BCUT2D eigenvalue weighted by atomic mass is 32.1. The molecule has 1 aliphatic heterocycles. The predicted molar refractivity (Wildman–Crippen MR) is 125 cm³/mol. The Hall–Kier alpha value is -3.20. The lowest BCUT2D eigenvalue weighted by molar-refractivity contribution is 0.356. The summed E-state index contributed by atoms with van der Waals surface area (Å²) in [5, 5.41) is 5.07. The first-order chi connectivity index (χ1) is 15.2. The van der Waals surface area contributed by atoms with E-state index < -0.39 is 0 Å². The van der Waals surface area contributed by atoms with Crippen LogP contribution in [0.1, 0.15) is 12.0 Å². The molecule has 0 radical (unpaired) electrons. The van der Waals surface area contributed by atoms with E-state index in [1.165, 1.54) is 0 Å². The van der Waals surface area contributed by atoms with Gasteiger partial charge >= 0.3 is 0 Å². The Morgan fingerprint density at radius 3 is 2.71 bits per heavy atom. The van der Waals surface area contributed by atoms with Crippen LogP contribution in [0, 0.1) is 0 Å². The molecule has 1 aliphatic rings. The molecule has 0 atom stereocenters. The molecule has 162 valence electrons. The Labute approximate surface area is 187 Å². The summed E-state index contributed by atoms with van der Waals surface area (Å²) < 4.78 is 10.9. The monoisotopic (exact) mass is 438 g/mol. The van der Waals surface area contributed by atoms with Gasteiger partial charge in [0.15, 0.2) is 16.6 Å². The van der Waals surface area contributed by atoms with Crippen LogP contribution in [0.15, 0.2) is 43.0 Å². The summed E-state index contributed by atoms with van der Waals surface area (Å²) in [7, 11) is 3.26. The van der Waals surface area contributed by atoms with E-state index in [2.05, 4.69) is 30.1 Å². The van der Waals surface area contributed by atoms with Crippen LogP contribution >= 0.6 is 12.2 Å². The number of hydrogen-bond acceptors (Lipinski definition) is 7. The number of fused-ring (bicyclic) bond motifs is 1. The normalized spacial score (nSPS) is 14.3. The van der Waals surface area contributed by atoms with Crippen molar-refractivity contribution in [1.29, 1.82) is 0 Å². The molecule has 0 amide bonds. The van der Waals surface area contributed by atoms with Crippen molar-refractivity contribution in [2.75, 3.05) is 45.3 Å². The number of thiocarbonyl (C=S) groups is 1. The van der Waals surface area contributed by atoms with E-state index in [0.29, 0.717) is 18.0 Å². The highest BCUT2D eigenvalue weighted by Crippen LogP contribution is 2.34. The Bertz CT molecular complexity index is 1050. The maximum atomic E-state index is 5.65. The maximum absolute atomic E-state index is 5.65. The van der Waals surface area contributed by atoms with Gasteiger partial charge in [0, 0.05) is 56.6 Å². The van der Waals surface area contributed by atoms with Gasteiger partial charge in [-0.05, 0) is 36.3 Å². The van der Waals surface area contributed by atoms with Crippen molar-refractivity contribution in [2.45, 2.75) is 13.0 Å². The first kappa shape index (κ1) is 21.0. The molecule has 0 spiro atoms. The second-order valence-corrected chi connectivity index (χ2v) is 7.66. The largest absolute Gasteiger partial charge is 0.493 e. The van der Waals surface area contributed by atoms with Crippen LogP contribution in [-0.2, 0) is 6.54 Å². The van der Waals surface area contributed by atoms with Crippen LogP contribution in [0.5, 0.6) is 11.5 Å². The third-order valence-electron chi connectivity index (χ3n) is 5.37. The third-order valence-corrected chi connectivity index (χ3v) is 5.77. The molecule has 3 aromatic rings. The number of hydrogen-bond donors (Lipinski definition) is 1. The number of nitrogens with one attached hydrogen (secondary N) is 1. The van der Waals surface area contributed by atoms with Gasteiger partial charge in [-0.1, -0.05) is 6.07 Å². The van der Waals surface area contributed by atoms with Crippen LogP contribution in [0.25, 0.3) is 10.9 Å². The standard InChI is InChI=1S/C22H26N6O2S/c1-29-19-11-17-18(12-20(19)30-2)25-15-26-21(17)27-7-4-8-28(10-9-27)22(31)24-14-16-5-3-6-23-13-16/h3,5-6,11-13,15H,4,7-10,14H2,1-2H3,(H,24,31). The number of methoxy groups -OCH3 is 2. The fourth-order valence-corrected chi connectivity index (χ4v) is 4.00. The van der Waals surface area contributed by atoms with Gasteiger partial charge in [-0.15, -0.1) is 0 Å². The Kier molecular flexibility index (Phi) is 6.61. The van der Waals surface area contributed by atoms with Gasteiger partial charge in [0.05, 0.1) is 19.7 Å². The van der Waals surface area contributed by atoms with Gasteiger partial charge in [-0.2, -0.15) is 0 Å². The SMILES string of the molecule is COc1cc2ncnc(N3CCCN(C(=S)NCc4cccnc4)CC3)c2cc1OC. The van der Waals surface area contributed by atoms with E-state index in [-0.39, 0.29) is 0 Å². The quantitative estimate of drug-likeness (QED) is 0.605. The summed E-state index contributed by atoms with van der Waals surface area (Å²) in [5.74, 6) is 2.23. The van der Waals surface area contributed by atoms with Crippen LogP contribution in [0.4, 0.5) is 5.82 Å². The molecule has 0 bridgehead atoms. The predicted octanol–water partition coefficient (Wildman–Crippen LogP) is 2.63. The first-order valence-corrected chi connectivity index (χ1v) is 10.6. The molecule has 9 heteroatoms. The molecule has 3 heterocycles. The zero-order chi connectivity index (χ0) is 21.6. The number of rotatable bonds is 5. The van der Waals surface area contributed by atoms with Crippen molar-refractivity contribution >= 4 is 34.1 Å². The van der Waals surface area contributed by atoms with E-state index in [1.54, 1.807) is 26.7 Å². The highest BCUT2D eigenvalue weighted by Gasteiger charge is 2.20. The highest BCUT2D eigenvalue weighted by molar-refractivity contribution is 7.80. The lowest BCUT2D eigenvalue weighted by Crippen LogP contribution is -2.41. The molecule has 31 heavy (non-hydrogen) atoms. The molecule has 1 aromatic carbocycles. The number of aromatic nitrogens is 3. The molecule has 8 nitrogen and oxygen atoms in total. The van der Waals surface area contributed by atoms with Crippen LogP contribution < -0.4 is 19.7 Å². The van der Waals surface area contributed by atoms with E-state index in [9.17, 15) is 0 Å². The zero-order valence-electron chi connectivity index (χ0n) is 17.7. The minimum absolute atomic E-state index is 0.659. The lowest BCUT2D eigenvalue weighted by atomic mass is 10.2. The Morgan fingerprint density at radius 2 is 1.94 bits per heavy atom. The van der Waals surface area contributed by atoms with Gasteiger partial charge in [0.1, 0.15) is 12.1 Å². The van der Waals surface area contributed by atoms with Crippen LogP contribution in [0.3, 0.4) is 0 Å². The maximum Gasteiger partial charge on any atom is 0.169 e. The van der Waals surface area contributed by atoms with Crippen molar-refractivity contribution < 1.29 is 9.47 Å².